The average molecular weight is 279 g/mol. The van der Waals surface area contributed by atoms with Crippen LogP contribution in [-0.4, -0.2) is 18.7 Å². The molecule has 0 aromatic heterocycles. The Labute approximate surface area is 126 Å². The van der Waals surface area contributed by atoms with E-state index >= 15 is 0 Å². The first-order chi connectivity index (χ1) is 10.2. The molecule has 0 amide bonds. The van der Waals surface area contributed by atoms with E-state index in [2.05, 4.69) is 54.4 Å². The molecular weight excluding hydrogens is 258 g/mol. The van der Waals surface area contributed by atoms with Crippen molar-refractivity contribution < 1.29 is 5.11 Å². The Balaban J connectivity index is 1.65. The molecule has 2 aromatic rings. The molecule has 1 heterocycles. The summed E-state index contributed by atoms with van der Waals surface area (Å²) in [6.07, 6.45) is 4.07. The minimum absolute atomic E-state index is 0.556. The van der Waals surface area contributed by atoms with Gasteiger partial charge in [0.15, 0.2) is 0 Å². The summed E-state index contributed by atoms with van der Waals surface area (Å²) in [6.45, 7) is 1.12. The van der Waals surface area contributed by atoms with Crippen molar-refractivity contribution in [3.63, 3.8) is 0 Å². The number of fused-ring (bicyclic) bond motifs is 1. The van der Waals surface area contributed by atoms with E-state index in [1.807, 2.05) is 0 Å². The average Bonchev–Trinajstić information content (AvgIpc) is 2.86. The SMILES string of the molecule is CN1CCc2cc(-c3ccc(C4(O)CCC4)cc3)ccc21. The number of aliphatic hydroxyl groups is 1. The van der Waals surface area contributed by atoms with E-state index in [0.717, 1.165) is 37.8 Å². The quantitative estimate of drug-likeness (QED) is 0.905. The van der Waals surface area contributed by atoms with Crippen LogP contribution in [0.4, 0.5) is 5.69 Å². The summed E-state index contributed by atoms with van der Waals surface area (Å²) in [4.78, 5) is 2.31. The van der Waals surface area contributed by atoms with Crippen molar-refractivity contribution in [1.29, 1.82) is 0 Å². The Morgan fingerprint density at radius 1 is 1.00 bits per heavy atom. The van der Waals surface area contributed by atoms with Crippen molar-refractivity contribution in [1.82, 2.24) is 0 Å². The number of rotatable bonds is 2. The van der Waals surface area contributed by atoms with Crippen LogP contribution in [0.1, 0.15) is 30.4 Å². The van der Waals surface area contributed by atoms with Crippen molar-refractivity contribution >= 4 is 5.69 Å². The highest BCUT2D eigenvalue weighted by atomic mass is 16.3. The zero-order chi connectivity index (χ0) is 14.4. The van der Waals surface area contributed by atoms with Gasteiger partial charge in [0.25, 0.3) is 0 Å². The molecule has 108 valence electrons. The third-order valence-electron chi connectivity index (χ3n) is 5.14. The minimum atomic E-state index is -0.556. The van der Waals surface area contributed by atoms with Gasteiger partial charge >= 0.3 is 0 Å². The van der Waals surface area contributed by atoms with Gasteiger partial charge in [0, 0.05) is 19.3 Å². The summed E-state index contributed by atoms with van der Waals surface area (Å²) >= 11 is 0. The number of benzene rings is 2. The predicted octanol–water partition coefficient (Wildman–Crippen LogP) is 3.72. The van der Waals surface area contributed by atoms with Gasteiger partial charge in [-0.15, -0.1) is 0 Å². The molecule has 1 fully saturated rings. The minimum Gasteiger partial charge on any atom is -0.385 e. The van der Waals surface area contributed by atoms with Crippen LogP contribution in [0, 0.1) is 0 Å². The number of anilines is 1. The molecule has 1 aliphatic carbocycles. The maximum Gasteiger partial charge on any atom is 0.0896 e. The van der Waals surface area contributed by atoms with Gasteiger partial charge in [0.2, 0.25) is 0 Å². The van der Waals surface area contributed by atoms with Gasteiger partial charge < -0.3 is 10.0 Å². The van der Waals surface area contributed by atoms with Gasteiger partial charge in [-0.2, -0.15) is 0 Å². The van der Waals surface area contributed by atoms with Crippen molar-refractivity contribution in [3.05, 3.63) is 53.6 Å². The van der Waals surface area contributed by atoms with Crippen LogP contribution in [0.15, 0.2) is 42.5 Å². The lowest BCUT2D eigenvalue weighted by Gasteiger charge is -2.37. The van der Waals surface area contributed by atoms with Gasteiger partial charge in [-0.05, 0) is 60.1 Å². The van der Waals surface area contributed by atoms with Gasteiger partial charge in [0.05, 0.1) is 5.60 Å². The Bertz CT molecular complexity index is 670. The van der Waals surface area contributed by atoms with Crippen molar-refractivity contribution in [3.8, 4) is 11.1 Å². The van der Waals surface area contributed by atoms with Crippen LogP contribution >= 0.6 is 0 Å². The van der Waals surface area contributed by atoms with Crippen LogP contribution in [0.2, 0.25) is 0 Å². The molecule has 0 atom stereocenters. The maximum absolute atomic E-state index is 10.4. The molecule has 1 saturated carbocycles. The number of likely N-dealkylation sites (N-methyl/N-ethyl adjacent to an activating group) is 1. The second-order valence-electron chi connectivity index (χ2n) is 6.48. The molecule has 2 aromatic carbocycles. The molecule has 2 nitrogen and oxygen atoms in total. The molecule has 1 aliphatic heterocycles. The second kappa shape index (κ2) is 4.60. The third kappa shape index (κ3) is 2.06. The smallest absolute Gasteiger partial charge is 0.0896 e. The Kier molecular flexibility index (Phi) is 2.83. The molecule has 0 bridgehead atoms. The maximum atomic E-state index is 10.4. The first-order valence-corrected chi connectivity index (χ1v) is 7.83. The second-order valence-corrected chi connectivity index (χ2v) is 6.48. The fourth-order valence-electron chi connectivity index (χ4n) is 3.52. The van der Waals surface area contributed by atoms with Crippen molar-refractivity contribution in [2.24, 2.45) is 0 Å². The summed E-state index contributed by atoms with van der Waals surface area (Å²) < 4.78 is 0. The normalized spacial score (nSPS) is 19.2. The van der Waals surface area contributed by atoms with E-state index in [9.17, 15) is 5.11 Å². The summed E-state index contributed by atoms with van der Waals surface area (Å²) in [5, 5.41) is 10.4. The highest BCUT2D eigenvalue weighted by Crippen LogP contribution is 2.41. The van der Waals surface area contributed by atoms with Gasteiger partial charge in [-0.3, -0.25) is 0 Å². The first kappa shape index (κ1) is 12.9. The number of hydrogen-bond donors (Lipinski definition) is 1. The molecule has 0 unspecified atom stereocenters. The molecule has 4 rings (SSSR count). The lowest BCUT2D eigenvalue weighted by Crippen LogP contribution is -2.33. The Hall–Kier alpha value is -1.80. The van der Waals surface area contributed by atoms with E-state index in [1.165, 1.54) is 22.4 Å². The molecule has 2 heteroatoms. The van der Waals surface area contributed by atoms with Crippen LogP contribution < -0.4 is 4.90 Å². The highest BCUT2D eigenvalue weighted by Gasteiger charge is 2.35. The van der Waals surface area contributed by atoms with E-state index < -0.39 is 5.60 Å². The zero-order valence-corrected chi connectivity index (χ0v) is 12.5. The fourth-order valence-corrected chi connectivity index (χ4v) is 3.52. The lowest BCUT2D eigenvalue weighted by atomic mass is 9.75. The van der Waals surface area contributed by atoms with Crippen molar-refractivity contribution in [2.45, 2.75) is 31.3 Å². The number of hydrogen-bond acceptors (Lipinski definition) is 2. The van der Waals surface area contributed by atoms with Crippen molar-refractivity contribution in [2.75, 3.05) is 18.5 Å². The summed E-state index contributed by atoms with van der Waals surface area (Å²) in [6, 6.07) is 15.2. The topological polar surface area (TPSA) is 23.5 Å². The molecular formula is C19H21NO. The first-order valence-electron chi connectivity index (χ1n) is 7.83. The molecule has 0 spiro atoms. The standard InChI is InChI=1S/C19H21NO/c1-20-12-9-16-13-15(5-8-18(16)20)14-3-6-17(7-4-14)19(21)10-2-11-19/h3-8,13,21H,2,9-12H2,1H3. The van der Waals surface area contributed by atoms with E-state index in [0.29, 0.717) is 0 Å². The molecule has 0 saturated heterocycles. The zero-order valence-electron chi connectivity index (χ0n) is 12.5. The van der Waals surface area contributed by atoms with Crippen LogP contribution in [0.5, 0.6) is 0 Å². The van der Waals surface area contributed by atoms with E-state index in [4.69, 9.17) is 0 Å². The molecule has 0 radical (unpaired) electrons. The van der Waals surface area contributed by atoms with Crippen LogP contribution in [-0.2, 0) is 12.0 Å². The Morgan fingerprint density at radius 3 is 2.38 bits per heavy atom. The third-order valence-corrected chi connectivity index (χ3v) is 5.14. The Morgan fingerprint density at radius 2 is 1.71 bits per heavy atom. The summed E-state index contributed by atoms with van der Waals surface area (Å²) in [7, 11) is 2.15. The van der Waals surface area contributed by atoms with Crippen LogP contribution in [0.3, 0.4) is 0 Å². The van der Waals surface area contributed by atoms with E-state index in [-0.39, 0.29) is 0 Å². The predicted molar refractivity (Wildman–Crippen MR) is 86.6 cm³/mol. The summed E-state index contributed by atoms with van der Waals surface area (Å²) in [5.41, 5.74) is 5.82. The van der Waals surface area contributed by atoms with E-state index in [1.54, 1.807) is 0 Å². The highest BCUT2D eigenvalue weighted by molar-refractivity contribution is 5.70. The van der Waals surface area contributed by atoms with Gasteiger partial charge in [-0.1, -0.05) is 30.3 Å². The summed E-state index contributed by atoms with van der Waals surface area (Å²) in [5.74, 6) is 0. The molecule has 21 heavy (non-hydrogen) atoms. The largest absolute Gasteiger partial charge is 0.385 e. The monoisotopic (exact) mass is 279 g/mol. The van der Waals surface area contributed by atoms with Gasteiger partial charge in [-0.25, -0.2) is 0 Å². The lowest BCUT2D eigenvalue weighted by molar-refractivity contribution is -0.0387. The van der Waals surface area contributed by atoms with Gasteiger partial charge in [0.1, 0.15) is 0 Å². The number of nitrogens with zero attached hydrogens (tertiary/aromatic N) is 1. The molecule has 1 N–H and O–H groups in total. The molecule has 2 aliphatic rings. The fraction of sp³-hybridized carbons (Fsp3) is 0.368. The van der Waals surface area contributed by atoms with Crippen LogP contribution in [0.25, 0.3) is 11.1 Å².